The van der Waals surface area contributed by atoms with Crippen LogP contribution in [0.25, 0.3) is 10.2 Å². The van der Waals surface area contributed by atoms with Crippen LogP contribution < -0.4 is 4.90 Å². The highest BCUT2D eigenvalue weighted by molar-refractivity contribution is 7.91. The predicted octanol–water partition coefficient (Wildman–Crippen LogP) is 4.44. The second-order valence-electron chi connectivity index (χ2n) is 8.21. The first-order valence-corrected chi connectivity index (χ1v) is 14.0. The summed E-state index contributed by atoms with van der Waals surface area (Å²) in [6.45, 7) is 8.68. The van der Waals surface area contributed by atoms with E-state index in [2.05, 4.69) is 9.88 Å². The fraction of sp³-hybridized carbons (Fsp3) is 0.417. The van der Waals surface area contributed by atoms with Gasteiger partial charge in [0.15, 0.2) is 15.0 Å². The Morgan fingerprint density at radius 3 is 2.40 bits per heavy atom. The molecule has 0 aliphatic heterocycles. The lowest BCUT2D eigenvalue weighted by atomic mass is 10.2. The van der Waals surface area contributed by atoms with E-state index in [0.29, 0.717) is 28.4 Å². The topological polar surface area (TPSA) is 114 Å². The van der Waals surface area contributed by atoms with Crippen molar-refractivity contribution in [3.63, 3.8) is 0 Å². The molecule has 3 rings (SSSR count). The molecule has 9 nitrogen and oxygen atoms in total. The molecule has 0 N–H and O–H groups in total. The minimum Gasteiger partial charge on any atom is -0.302 e. The van der Waals surface area contributed by atoms with Crippen LogP contribution in [-0.2, 0) is 14.6 Å². The van der Waals surface area contributed by atoms with Crippen molar-refractivity contribution in [2.75, 3.05) is 36.8 Å². The Kier molecular flexibility index (Phi) is 8.92. The molecule has 0 unspecified atom stereocenters. The predicted molar refractivity (Wildman–Crippen MR) is 139 cm³/mol. The lowest BCUT2D eigenvalue weighted by Gasteiger charge is -2.24. The van der Waals surface area contributed by atoms with Gasteiger partial charge in [0.2, 0.25) is 5.91 Å². The van der Waals surface area contributed by atoms with Crippen molar-refractivity contribution in [1.82, 2.24) is 9.88 Å². The number of anilines is 1. The summed E-state index contributed by atoms with van der Waals surface area (Å²) < 4.78 is 26.0. The molecule has 0 atom stereocenters. The average Bonchev–Trinajstić information content (AvgIpc) is 3.25. The Bertz CT molecular complexity index is 1280. The average molecular weight is 519 g/mol. The highest BCUT2D eigenvalue weighted by Crippen LogP contribution is 2.32. The second kappa shape index (κ2) is 11.7. The third-order valence-corrected chi connectivity index (χ3v) is 8.68. The number of benzene rings is 2. The van der Waals surface area contributed by atoms with Crippen molar-refractivity contribution in [3.05, 3.63) is 58.1 Å². The largest absolute Gasteiger partial charge is 0.302 e. The number of likely N-dealkylation sites (N-methyl/N-ethyl adjacent to an activating group) is 1. The van der Waals surface area contributed by atoms with Gasteiger partial charge in [-0.3, -0.25) is 19.8 Å². The first-order chi connectivity index (χ1) is 16.6. The van der Waals surface area contributed by atoms with Gasteiger partial charge in [-0.25, -0.2) is 13.4 Å². The Hall–Kier alpha value is -2.89. The summed E-state index contributed by atoms with van der Waals surface area (Å²) in [4.78, 5) is 32.4. The van der Waals surface area contributed by atoms with Crippen LogP contribution in [0.3, 0.4) is 0 Å². The van der Waals surface area contributed by atoms with Crippen LogP contribution in [0.5, 0.6) is 0 Å². The molecule has 0 saturated carbocycles. The zero-order chi connectivity index (χ0) is 25.6. The van der Waals surface area contributed by atoms with Gasteiger partial charge in [-0.15, -0.1) is 0 Å². The van der Waals surface area contributed by atoms with E-state index in [9.17, 15) is 23.3 Å². The summed E-state index contributed by atoms with van der Waals surface area (Å²) in [6, 6.07) is 11.1. The number of amides is 1. The molecule has 11 heteroatoms. The fourth-order valence-electron chi connectivity index (χ4n) is 3.65. The van der Waals surface area contributed by atoms with E-state index < -0.39 is 14.8 Å². The number of sulfone groups is 1. The first kappa shape index (κ1) is 26.7. The number of carbonyl (C=O) groups excluding carboxylic acids is 1. The normalized spacial score (nSPS) is 11.8. The van der Waals surface area contributed by atoms with Crippen molar-refractivity contribution in [3.8, 4) is 0 Å². The van der Waals surface area contributed by atoms with Crippen molar-refractivity contribution in [2.24, 2.45) is 0 Å². The van der Waals surface area contributed by atoms with Crippen LogP contribution in [0, 0.1) is 17.0 Å². The number of nitrogens with zero attached hydrogens (tertiary/aromatic N) is 4. The maximum Gasteiger partial charge on any atom is 0.270 e. The highest BCUT2D eigenvalue weighted by Gasteiger charge is 2.22. The van der Waals surface area contributed by atoms with Crippen LogP contribution in [0.4, 0.5) is 10.8 Å². The molecule has 0 spiro atoms. The van der Waals surface area contributed by atoms with E-state index in [1.165, 1.54) is 23.5 Å². The van der Waals surface area contributed by atoms with Gasteiger partial charge < -0.3 is 4.90 Å². The molecule has 1 heterocycles. The minimum atomic E-state index is -3.49. The standard InChI is InChI=1S/C24H30N4O5S2/c1-4-26(5-2)14-15-27(24-25-21-13-10-19(28(30)31)17-22(21)34-24)23(29)7-6-16-35(32,33)20-11-8-18(3)9-12-20/h8-13,17H,4-7,14-16H2,1-3H3. The molecular weight excluding hydrogens is 488 g/mol. The van der Waals surface area contributed by atoms with Crippen LogP contribution in [0.15, 0.2) is 47.4 Å². The summed E-state index contributed by atoms with van der Waals surface area (Å²) in [7, 11) is -3.49. The molecule has 3 aromatic rings. The molecule has 2 aromatic carbocycles. The van der Waals surface area contributed by atoms with Gasteiger partial charge in [0.05, 0.1) is 25.8 Å². The summed E-state index contributed by atoms with van der Waals surface area (Å²) in [5.41, 5.74) is 1.53. The number of fused-ring (bicyclic) bond motifs is 1. The molecule has 0 radical (unpaired) electrons. The number of nitro benzene ring substituents is 1. The van der Waals surface area contributed by atoms with Crippen molar-refractivity contribution >= 4 is 48.1 Å². The van der Waals surface area contributed by atoms with Crippen LogP contribution in [0.2, 0.25) is 0 Å². The Morgan fingerprint density at radius 1 is 1.09 bits per heavy atom. The van der Waals surface area contributed by atoms with Crippen LogP contribution >= 0.6 is 11.3 Å². The number of non-ortho nitro benzene ring substituents is 1. The highest BCUT2D eigenvalue weighted by atomic mass is 32.2. The van der Waals surface area contributed by atoms with E-state index in [1.54, 1.807) is 35.2 Å². The van der Waals surface area contributed by atoms with E-state index in [-0.39, 0.29) is 35.1 Å². The molecule has 0 bridgehead atoms. The number of hydrogen-bond acceptors (Lipinski definition) is 8. The number of aryl methyl sites for hydroxylation is 1. The second-order valence-corrected chi connectivity index (χ2v) is 11.3. The molecule has 35 heavy (non-hydrogen) atoms. The lowest BCUT2D eigenvalue weighted by Crippen LogP contribution is -2.38. The smallest absolute Gasteiger partial charge is 0.270 e. The minimum absolute atomic E-state index is 0.0324. The van der Waals surface area contributed by atoms with Crippen LogP contribution in [0.1, 0.15) is 32.3 Å². The summed E-state index contributed by atoms with van der Waals surface area (Å²) in [5, 5.41) is 11.6. The van der Waals surface area contributed by atoms with Gasteiger partial charge in [0.25, 0.3) is 5.69 Å². The SMILES string of the molecule is CCN(CC)CCN(C(=O)CCCS(=O)(=O)c1ccc(C)cc1)c1nc2ccc([N+](=O)[O-])cc2s1. The van der Waals surface area contributed by atoms with Gasteiger partial charge in [-0.2, -0.15) is 0 Å². The van der Waals surface area contributed by atoms with Gasteiger partial charge in [-0.1, -0.05) is 42.9 Å². The van der Waals surface area contributed by atoms with Gasteiger partial charge in [0.1, 0.15) is 0 Å². The quantitative estimate of drug-likeness (QED) is 0.257. The Morgan fingerprint density at radius 2 is 1.77 bits per heavy atom. The van der Waals surface area contributed by atoms with E-state index in [1.807, 2.05) is 20.8 Å². The first-order valence-electron chi connectivity index (χ1n) is 11.5. The number of aromatic nitrogens is 1. The van der Waals surface area contributed by atoms with E-state index >= 15 is 0 Å². The molecule has 1 amide bonds. The van der Waals surface area contributed by atoms with Gasteiger partial charge in [0, 0.05) is 31.6 Å². The maximum atomic E-state index is 13.2. The fourth-order valence-corrected chi connectivity index (χ4v) is 6.00. The van der Waals surface area contributed by atoms with Crippen molar-refractivity contribution < 1.29 is 18.1 Å². The van der Waals surface area contributed by atoms with Crippen molar-refractivity contribution in [2.45, 2.75) is 38.5 Å². The zero-order valence-corrected chi connectivity index (χ0v) is 21.8. The maximum absolute atomic E-state index is 13.2. The number of nitro groups is 1. The van der Waals surface area contributed by atoms with Crippen molar-refractivity contribution in [1.29, 1.82) is 0 Å². The summed E-state index contributed by atoms with van der Waals surface area (Å²) in [6.07, 6.45) is 0.243. The summed E-state index contributed by atoms with van der Waals surface area (Å²) in [5.74, 6) is -0.345. The third kappa shape index (κ3) is 6.83. The monoisotopic (exact) mass is 518 g/mol. The van der Waals surface area contributed by atoms with Gasteiger partial charge in [-0.05, 0) is 44.6 Å². The van der Waals surface area contributed by atoms with Gasteiger partial charge >= 0.3 is 0 Å². The molecule has 0 fully saturated rings. The Balaban J connectivity index is 1.77. The third-order valence-electron chi connectivity index (χ3n) is 5.82. The van der Waals surface area contributed by atoms with Crippen LogP contribution in [-0.4, -0.2) is 61.1 Å². The number of carbonyl (C=O) groups is 1. The number of thiazole rings is 1. The molecule has 188 valence electrons. The molecule has 1 aromatic heterocycles. The summed E-state index contributed by atoms with van der Waals surface area (Å²) >= 11 is 1.22. The number of hydrogen-bond donors (Lipinski definition) is 0. The molecule has 0 aliphatic carbocycles. The van der Waals surface area contributed by atoms with E-state index in [0.717, 1.165) is 18.7 Å². The molecule has 0 aliphatic rings. The van der Waals surface area contributed by atoms with E-state index in [4.69, 9.17) is 0 Å². The zero-order valence-electron chi connectivity index (χ0n) is 20.1. The molecular formula is C24H30N4O5S2. The number of rotatable bonds is 12. The lowest BCUT2D eigenvalue weighted by molar-refractivity contribution is -0.384. The Labute approximate surface area is 209 Å². The molecule has 0 saturated heterocycles.